The Kier molecular flexibility index (Phi) is 3.67. The highest BCUT2D eigenvalue weighted by Gasteiger charge is 2.24. The average Bonchev–Trinajstić information content (AvgIpc) is 3.09. The van der Waals surface area contributed by atoms with Crippen molar-refractivity contribution in [3.63, 3.8) is 0 Å². The third-order valence-electron chi connectivity index (χ3n) is 3.00. The van der Waals surface area contributed by atoms with Gasteiger partial charge in [0.1, 0.15) is 0 Å². The number of nitrogens with one attached hydrogen (secondary N) is 1. The Bertz CT molecular complexity index is 282. The van der Waals surface area contributed by atoms with Gasteiger partial charge < -0.3 is 5.32 Å². The van der Waals surface area contributed by atoms with Gasteiger partial charge in [0.25, 0.3) is 0 Å². The molecule has 0 aromatic carbocycles. The van der Waals surface area contributed by atoms with Crippen molar-refractivity contribution in [3.8, 4) is 0 Å². The van der Waals surface area contributed by atoms with Crippen LogP contribution in [0.15, 0.2) is 18.6 Å². The summed E-state index contributed by atoms with van der Waals surface area (Å²) in [6.07, 6.45) is 10.7. The molecule has 1 aromatic heterocycles. The molecule has 0 radical (unpaired) electrons. The maximum absolute atomic E-state index is 4.25. The van der Waals surface area contributed by atoms with Gasteiger partial charge in [0.05, 0.1) is 5.69 Å². The van der Waals surface area contributed by atoms with Gasteiger partial charge in [0.2, 0.25) is 0 Å². The largest absolute Gasteiger partial charge is 0.308 e. The second-order valence-corrected chi connectivity index (χ2v) is 4.36. The molecule has 1 aromatic rings. The highest BCUT2D eigenvalue weighted by Crippen LogP contribution is 2.34. The summed E-state index contributed by atoms with van der Waals surface area (Å²) in [5.41, 5.74) is 1.03. The van der Waals surface area contributed by atoms with E-state index in [1.54, 1.807) is 12.4 Å². The molecule has 3 nitrogen and oxygen atoms in total. The minimum absolute atomic E-state index is 0.652. The van der Waals surface area contributed by atoms with E-state index in [9.17, 15) is 0 Å². The van der Waals surface area contributed by atoms with Gasteiger partial charge in [0.15, 0.2) is 0 Å². The SMILES string of the molecule is CCC(CC1CC1)NCc1cnccn1. The number of hydrogen-bond donors (Lipinski definition) is 1. The van der Waals surface area contributed by atoms with Crippen LogP contribution in [0.3, 0.4) is 0 Å². The predicted molar refractivity (Wildman–Crippen MR) is 60.3 cm³/mol. The third kappa shape index (κ3) is 3.59. The normalized spacial score (nSPS) is 17.7. The van der Waals surface area contributed by atoms with Crippen LogP contribution in [0.5, 0.6) is 0 Å². The third-order valence-corrected chi connectivity index (χ3v) is 3.00. The van der Waals surface area contributed by atoms with E-state index in [1.807, 2.05) is 6.20 Å². The Labute approximate surface area is 91.3 Å². The zero-order chi connectivity index (χ0) is 10.5. The lowest BCUT2D eigenvalue weighted by molar-refractivity contribution is 0.442. The molecule has 2 rings (SSSR count). The van der Waals surface area contributed by atoms with Gasteiger partial charge in [-0.15, -0.1) is 0 Å². The lowest BCUT2D eigenvalue weighted by Gasteiger charge is -2.15. The summed E-state index contributed by atoms with van der Waals surface area (Å²) >= 11 is 0. The molecule has 1 unspecified atom stereocenters. The molecular formula is C12H19N3. The molecule has 15 heavy (non-hydrogen) atoms. The highest BCUT2D eigenvalue weighted by molar-refractivity contribution is 4.94. The van der Waals surface area contributed by atoms with Gasteiger partial charge in [-0.2, -0.15) is 0 Å². The van der Waals surface area contributed by atoms with Crippen LogP contribution in [-0.2, 0) is 6.54 Å². The first-order valence-electron chi connectivity index (χ1n) is 5.86. The fraction of sp³-hybridized carbons (Fsp3) is 0.667. The molecule has 82 valence electrons. The minimum Gasteiger partial charge on any atom is -0.308 e. The van der Waals surface area contributed by atoms with Crippen LogP contribution >= 0.6 is 0 Å². The van der Waals surface area contributed by atoms with Gasteiger partial charge in [-0.3, -0.25) is 9.97 Å². The fourth-order valence-corrected chi connectivity index (χ4v) is 1.82. The predicted octanol–water partition coefficient (Wildman–Crippen LogP) is 2.14. The van der Waals surface area contributed by atoms with Gasteiger partial charge in [-0.25, -0.2) is 0 Å². The topological polar surface area (TPSA) is 37.8 Å². The molecule has 0 saturated heterocycles. The summed E-state index contributed by atoms with van der Waals surface area (Å²) in [4.78, 5) is 8.31. The van der Waals surface area contributed by atoms with E-state index < -0.39 is 0 Å². The van der Waals surface area contributed by atoms with Gasteiger partial charge in [0, 0.05) is 31.2 Å². The first kappa shape index (κ1) is 10.6. The van der Waals surface area contributed by atoms with Crippen LogP contribution in [0.1, 0.15) is 38.3 Å². The molecule has 1 fully saturated rings. The Balaban J connectivity index is 1.75. The van der Waals surface area contributed by atoms with E-state index in [2.05, 4.69) is 22.2 Å². The molecule has 0 amide bonds. The minimum atomic E-state index is 0.652. The van der Waals surface area contributed by atoms with E-state index in [0.29, 0.717) is 6.04 Å². The first-order valence-corrected chi connectivity index (χ1v) is 5.86. The van der Waals surface area contributed by atoms with E-state index >= 15 is 0 Å². The summed E-state index contributed by atoms with van der Waals surface area (Å²) in [6, 6.07) is 0.652. The van der Waals surface area contributed by atoms with Crippen LogP contribution < -0.4 is 5.32 Å². The number of rotatable bonds is 6. The lowest BCUT2D eigenvalue weighted by atomic mass is 10.1. The molecular weight excluding hydrogens is 186 g/mol. The van der Waals surface area contributed by atoms with Gasteiger partial charge >= 0.3 is 0 Å². The highest BCUT2D eigenvalue weighted by atomic mass is 14.9. The second kappa shape index (κ2) is 5.21. The van der Waals surface area contributed by atoms with Crippen molar-refractivity contribution in [2.24, 2.45) is 5.92 Å². The van der Waals surface area contributed by atoms with Crippen LogP contribution in [-0.4, -0.2) is 16.0 Å². The quantitative estimate of drug-likeness (QED) is 0.773. The molecule has 1 aliphatic carbocycles. The number of hydrogen-bond acceptors (Lipinski definition) is 3. The second-order valence-electron chi connectivity index (χ2n) is 4.36. The summed E-state index contributed by atoms with van der Waals surface area (Å²) in [7, 11) is 0. The maximum atomic E-state index is 4.25. The Hall–Kier alpha value is -0.960. The maximum Gasteiger partial charge on any atom is 0.0724 e. The zero-order valence-electron chi connectivity index (χ0n) is 9.32. The van der Waals surface area contributed by atoms with Crippen LogP contribution in [0.4, 0.5) is 0 Å². The summed E-state index contributed by atoms with van der Waals surface area (Å²) < 4.78 is 0. The average molecular weight is 205 g/mol. The van der Waals surface area contributed by atoms with Crippen LogP contribution in [0, 0.1) is 5.92 Å². The molecule has 1 N–H and O–H groups in total. The molecule has 1 heterocycles. The first-order chi connectivity index (χ1) is 7.38. The molecule has 1 atom stereocenters. The van der Waals surface area contributed by atoms with Crippen molar-refractivity contribution in [1.29, 1.82) is 0 Å². The van der Waals surface area contributed by atoms with E-state index in [1.165, 1.54) is 25.7 Å². The van der Waals surface area contributed by atoms with Crippen molar-refractivity contribution in [2.45, 2.75) is 45.2 Å². The number of nitrogens with zero attached hydrogens (tertiary/aromatic N) is 2. The summed E-state index contributed by atoms with van der Waals surface area (Å²) in [6.45, 7) is 3.09. The van der Waals surface area contributed by atoms with Crippen molar-refractivity contribution < 1.29 is 0 Å². The van der Waals surface area contributed by atoms with Crippen molar-refractivity contribution in [1.82, 2.24) is 15.3 Å². The molecule has 0 aliphatic heterocycles. The van der Waals surface area contributed by atoms with E-state index in [-0.39, 0.29) is 0 Å². The number of aromatic nitrogens is 2. The molecule has 3 heteroatoms. The standard InChI is InChI=1S/C12H19N3/c1-2-11(7-10-3-4-10)15-9-12-8-13-5-6-14-12/h5-6,8,10-11,15H,2-4,7,9H2,1H3. The Morgan fingerprint density at radius 2 is 2.33 bits per heavy atom. The zero-order valence-corrected chi connectivity index (χ0v) is 9.32. The van der Waals surface area contributed by atoms with Crippen molar-refractivity contribution in [3.05, 3.63) is 24.3 Å². The lowest BCUT2D eigenvalue weighted by Crippen LogP contribution is -2.28. The summed E-state index contributed by atoms with van der Waals surface area (Å²) in [5, 5.41) is 3.55. The van der Waals surface area contributed by atoms with Gasteiger partial charge in [-0.05, 0) is 18.8 Å². The molecule has 0 spiro atoms. The smallest absolute Gasteiger partial charge is 0.0724 e. The van der Waals surface area contributed by atoms with Crippen molar-refractivity contribution in [2.75, 3.05) is 0 Å². The van der Waals surface area contributed by atoms with Gasteiger partial charge in [-0.1, -0.05) is 19.8 Å². The Morgan fingerprint density at radius 3 is 2.93 bits per heavy atom. The van der Waals surface area contributed by atoms with Crippen molar-refractivity contribution >= 4 is 0 Å². The van der Waals surface area contributed by atoms with Crippen LogP contribution in [0.25, 0.3) is 0 Å². The Morgan fingerprint density at radius 1 is 1.47 bits per heavy atom. The molecule has 1 saturated carbocycles. The monoisotopic (exact) mass is 205 g/mol. The van der Waals surface area contributed by atoms with Crippen LogP contribution in [0.2, 0.25) is 0 Å². The van der Waals surface area contributed by atoms with E-state index in [4.69, 9.17) is 0 Å². The van der Waals surface area contributed by atoms with E-state index in [0.717, 1.165) is 18.2 Å². The molecule has 0 bridgehead atoms. The summed E-state index contributed by atoms with van der Waals surface area (Å²) in [5.74, 6) is 0.990. The fourth-order valence-electron chi connectivity index (χ4n) is 1.82. The molecule has 1 aliphatic rings.